The summed E-state index contributed by atoms with van der Waals surface area (Å²) in [5.74, 6) is 0.510. The number of anilines is 1. The maximum absolute atomic E-state index is 5.54. The largest absolute Gasteiger partial charge is 0.382 e. The predicted octanol–water partition coefficient (Wildman–Crippen LogP) is -0.290. The van der Waals surface area contributed by atoms with Crippen molar-refractivity contribution in [3.63, 3.8) is 0 Å². The third kappa shape index (κ3) is 0.961. The average Bonchev–Trinajstić information content (AvgIpc) is 2.27. The molecule has 2 rings (SSSR count). The van der Waals surface area contributed by atoms with E-state index in [2.05, 4.69) is 4.98 Å². The zero-order valence-corrected chi connectivity index (χ0v) is 5.86. The number of hydrogen-bond acceptors (Lipinski definition) is 2. The Kier molecular flexibility index (Phi) is 1.15. The number of nitrogens with zero attached hydrogens (tertiary/aromatic N) is 2. The lowest BCUT2D eigenvalue weighted by Gasteiger charge is -1.93. The van der Waals surface area contributed by atoms with Crippen LogP contribution in [0.3, 0.4) is 0 Å². The summed E-state index contributed by atoms with van der Waals surface area (Å²) in [5, 5.41) is 0. The number of rotatable bonds is 0. The van der Waals surface area contributed by atoms with Crippen LogP contribution in [-0.2, 0) is 0 Å². The van der Waals surface area contributed by atoms with Crippen LogP contribution in [0.5, 0.6) is 0 Å². The Labute approximate surface area is 65.3 Å². The van der Waals surface area contributed by atoms with Crippen LogP contribution >= 0.6 is 0 Å². The number of fused-ring (bicyclic) bond motifs is 1. The highest BCUT2D eigenvalue weighted by atomic mass is 15.0. The molecule has 0 bridgehead atoms. The molecule has 0 aliphatic heterocycles. The summed E-state index contributed by atoms with van der Waals surface area (Å²) in [6, 6.07) is 3.62. The first-order valence-electron chi connectivity index (χ1n) is 3.25. The first-order chi connectivity index (χ1) is 5.25. The van der Waals surface area contributed by atoms with Crippen LogP contribution in [0.4, 0.5) is 5.82 Å². The van der Waals surface area contributed by atoms with Crippen LogP contribution in [0, 0.1) is 0 Å². The average molecular weight is 143 g/mol. The van der Waals surface area contributed by atoms with E-state index in [4.69, 9.17) is 13.6 Å². The Morgan fingerprint density at radius 2 is 2.18 bits per heavy atom. The molecule has 0 atom stereocenters. The first-order valence-corrected chi connectivity index (χ1v) is 3.25. The molecular weight excluding hydrogens is 137 g/mol. The van der Waals surface area contributed by atoms with Crippen LogP contribution in [0.2, 0.25) is 0 Å². The molecule has 0 fully saturated rings. The van der Waals surface area contributed by atoms with Crippen molar-refractivity contribution in [1.29, 1.82) is 0 Å². The van der Waals surface area contributed by atoms with Gasteiger partial charge in [-0.3, -0.25) is 0 Å². The van der Waals surface area contributed by atoms with Crippen LogP contribution in [-0.4, -0.2) is 17.2 Å². The minimum absolute atomic E-state index is 0.510. The van der Waals surface area contributed by atoms with Crippen molar-refractivity contribution < 1.29 is 0 Å². The standard InChI is InChI=1S/C7H6BN3/c8-5-1-2-7-10-6(9)4-11(7)3-5/h1-4H,9H2. The third-order valence-corrected chi connectivity index (χ3v) is 1.49. The van der Waals surface area contributed by atoms with Gasteiger partial charge in [0, 0.05) is 6.20 Å². The highest BCUT2D eigenvalue weighted by molar-refractivity contribution is 6.32. The van der Waals surface area contributed by atoms with Crippen molar-refractivity contribution in [2.75, 3.05) is 5.73 Å². The molecule has 0 aliphatic rings. The third-order valence-electron chi connectivity index (χ3n) is 1.49. The second kappa shape index (κ2) is 2.02. The molecule has 0 saturated heterocycles. The highest BCUT2D eigenvalue weighted by Crippen LogP contribution is 2.02. The molecule has 2 radical (unpaired) electrons. The Hall–Kier alpha value is -1.45. The summed E-state index contributed by atoms with van der Waals surface area (Å²) < 4.78 is 1.80. The zero-order valence-electron chi connectivity index (χ0n) is 5.86. The lowest BCUT2D eigenvalue weighted by Crippen LogP contribution is -2.03. The van der Waals surface area contributed by atoms with E-state index in [0.29, 0.717) is 11.3 Å². The van der Waals surface area contributed by atoms with Crippen LogP contribution in [0.15, 0.2) is 24.5 Å². The van der Waals surface area contributed by atoms with Gasteiger partial charge in [-0.2, -0.15) is 0 Å². The molecule has 2 aromatic heterocycles. The molecule has 0 spiro atoms. The van der Waals surface area contributed by atoms with E-state index in [1.165, 1.54) is 0 Å². The van der Waals surface area contributed by atoms with Gasteiger partial charge in [-0.05, 0) is 6.07 Å². The lowest BCUT2D eigenvalue weighted by atomic mass is 9.99. The number of imidazole rings is 1. The molecule has 0 aromatic carbocycles. The maximum atomic E-state index is 5.54. The predicted molar refractivity (Wildman–Crippen MR) is 45.0 cm³/mol. The summed E-state index contributed by atoms with van der Waals surface area (Å²) >= 11 is 0. The van der Waals surface area contributed by atoms with E-state index in [1.807, 2.05) is 6.07 Å². The maximum Gasteiger partial charge on any atom is 0.142 e. The topological polar surface area (TPSA) is 43.3 Å². The molecule has 3 nitrogen and oxygen atoms in total. The van der Waals surface area contributed by atoms with E-state index in [-0.39, 0.29) is 0 Å². The molecule has 2 heterocycles. The van der Waals surface area contributed by atoms with Crippen LogP contribution in [0.1, 0.15) is 0 Å². The van der Waals surface area contributed by atoms with Gasteiger partial charge in [0.2, 0.25) is 0 Å². The molecule has 0 aliphatic carbocycles. The van der Waals surface area contributed by atoms with Crippen LogP contribution in [0.25, 0.3) is 5.65 Å². The summed E-state index contributed by atoms with van der Waals surface area (Å²) in [6.45, 7) is 0. The van der Waals surface area contributed by atoms with Gasteiger partial charge in [-0.1, -0.05) is 11.5 Å². The number of nitrogens with two attached hydrogens (primary N) is 1. The summed E-state index contributed by atoms with van der Waals surface area (Å²) in [7, 11) is 5.54. The Morgan fingerprint density at radius 1 is 1.36 bits per heavy atom. The fraction of sp³-hybridized carbons (Fsp3) is 0. The molecule has 4 heteroatoms. The van der Waals surface area contributed by atoms with E-state index >= 15 is 0 Å². The molecule has 52 valence electrons. The minimum atomic E-state index is 0.510. The molecule has 0 saturated carbocycles. The van der Waals surface area contributed by atoms with Gasteiger partial charge in [-0.25, -0.2) is 4.98 Å². The Balaban J connectivity index is 2.82. The fourth-order valence-corrected chi connectivity index (χ4v) is 1.03. The molecule has 0 amide bonds. The highest BCUT2D eigenvalue weighted by Gasteiger charge is 1.95. The fourth-order valence-electron chi connectivity index (χ4n) is 1.03. The van der Waals surface area contributed by atoms with Gasteiger partial charge >= 0.3 is 0 Å². The Bertz CT molecular complexity index is 393. The second-order valence-electron chi connectivity index (χ2n) is 2.39. The van der Waals surface area contributed by atoms with Gasteiger partial charge in [0.05, 0.1) is 6.20 Å². The molecule has 2 N–H and O–H groups in total. The molecule has 2 aromatic rings. The van der Waals surface area contributed by atoms with Crippen molar-refractivity contribution >= 4 is 24.8 Å². The van der Waals surface area contributed by atoms with Gasteiger partial charge in [0.25, 0.3) is 0 Å². The number of nitrogen functional groups attached to an aromatic ring is 1. The normalized spacial score (nSPS) is 10.5. The molecule has 11 heavy (non-hydrogen) atoms. The van der Waals surface area contributed by atoms with Crippen molar-refractivity contribution in [3.05, 3.63) is 24.5 Å². The van der Waals surface area contributed by atoms with Gasteiger partial charge in [0.15, 0.2) is 0 Å². The summed E-state index contributed by atoms with van der Waals surface area (Å²) in [4.78, 5) is 4.04. The second-order valence-corrected chi connectivity index (χ2v) is 2.39. The molecule has 0 unspecified atom stereocenters. The van der Waals surface area contributed by atoms with Crippen molar-refractivity contribution in [2.45, 2.75) is 0 Å². The first kappa shape index (κ1) is 6.28. The Morgan fingerprint density at radius 3 is 3.00 bits per heavy atom. The van der Waals surface area contributed by atoms with E-state index < -0.39 is 0 Å². The van der Waals surface area contributed by atoms with Gasteiger partial charge < -0.3 is 10.1 Å². The number of pyridine rings is 1. The summed E-state index contributed by atoms with van der Waals surface area (Å²) in [6.07, 6.45) is 3.50. The van der Waals surface area contributed by atoms with Crippen molar-refractivity contribution in [1.82, 2.24) is 9.38 Å². The minimum Gasteiger partial charge on any atom is -0.382 e. The van der Waals surface area contributed by atoms with Crippen LogP contribution < -0.4 is 11.2 Å². The van der Waals surface area contributed by atoms with Crippen molar-refractivity contribution in [3.8, 4) is 0 Å². The quantitative estimate of drug-likeness (QED) is 0.515. The van der Waals surface area contributed by atoms with E-state index in [9.17, 15) is 0 Å². The zero-order chi connectivity index (χ0) is 7.84. The number of hydrogen-bond donors (Lipinski definition) is 1. The number of aromatic nitrogens is 2. The molecular formula is C7H6BN3. The summed E-state index contributed by atoms with van der Waals surface area (Å²) in [5.41, 5.74) is 6.99. The van der Waals surface area contributed by atoms with Crippen molar-refractivity contribution in [2.24, 2.45) is 0 Å². The van der Waals surface area contributed by atoms with Gasteiger partial charge in [0.1, 0.15) is 19.3 Å². The lowest BCUT2D eigenvalue weighted by molar-refractivity contribution is 1.20. The monoisotopic (exact) mass is 143 g/mol. The van der Waals surface area contributed by atoms with E-state index in [1.54, 1.807) is 22.9 Å². The van der Waals surface area contributed by atoms with E-state index in [0.717, 1.165) is 5.65 Å². The smallest absolute Gasteiger partial charge is 0.142 e. The SMILES string of the molecule is [B]c1ccc2nc(N)cn2c1. The van der Waals surface area contributed by atoms with Gasteiger partial charge in [-0.15, -0.1) is 0 Å².